The summed E-state index contributed by atoms with van der Waals surface area (Å²) in [6.07, 6.45) is 37.1. The Hall–Kier alpha value is -1.56. The van der Waals surface area contributed by atoms with Crippen LogP contribution in [0.1, 0.15) is 148 Å². The molecule has 0 aliphatic rings. The molecule has 0 bridgehead atoms. The molecule has 0 unspecified atom stereocenters. The average molecular weight is 515 g/mol. The highest BCUT2D eigenvalue weighted by Gasteiger charge is 2.06. The van der Waals surface area contributed by atoms with Crippen molar-refractivity contribution < 1.29 is 0 Å². The average Bonchev–Trinajstić information content (AvgIpc) is 2.74. The lowest BCUT2D eigenvalue weighted by molar-refractivity contribution is 0.420. The van der Waals surface area contributed by atoms with Crippen LogP contribution in [-0.4, -0.2) is 0 Å². The van der Waals surface area contributed by atoms with Gasteiger partial charge in [0.2, 0.25) is 0 Å². The molecule has 0 aliphatic carbocycles. The van der Waals surface area contributed by atoms with Gasteiger partial charge in [0.15, 0.2) is 0 Å². The van der Waals surface area contributed by atoms with E-state index in [9.17, 15) is 0 Å². The number of allylic oxidation sites excluding steroid dienone is 12. The van der Waals surface area contributed by atoms with Crippen molar-refractivity contribution >= 4 is 0 Å². The number of rotatable bonds is 12. The van der Waals surface area contributed by atoms with E-state index in [4.69, 9.17) is 0 Å². The summed E-state index contributed by atoms with van der Waals surface area (Å²) >= 11 is 0. The van der Waals surface area contributed by atoms with Crippen molar-refractivity contribution in [2.24, 2.45) is 16.2 Å². The van der Waals surface area contributed by atoms with Crippen LogP contribution in [0.15, 0.2) is 72.9 Å². The Morgan fingerprint density at radius 3 is 0.757 bits per heavy atom. The van der Waals surface area contributed by atoms with Gasteiger partial charge in [-0.15, -0.1) is 0 Å². The van der Waals surface area contributed by atoms with E-state index in [1.807, 2.05) is 0 Å². The van der Waals surface area contributed by atoms with E-state index in [1.54, 1.807) is 0 Å². The fourth-order valence-electron chi connectivity index (χ4n) is 2.62. The molecule has 37 heavy (non-hydrogen) atoms. The van der Waals surface area contributed by atoms with E-state index in [-0.39, 0.29) is 7.43 Å². The van der Waals surface area contributed by atoms with Crippen molar-refractivity contribution in [3.8, 4) is 0 Å². The first kappa shape index (κ1) is 42.5. The van der Waals surface area contributed by atoms with Crippen LogP contribution in [-0.2, 0) is 0 Å². The zero-order chi connectivity index (χ0) is 28.3. The van der Waals surface area contributed by atoms with Gasteiger partial charge in [0.25, 0.3) is 0 Å². The zero-order valence-electron chi connectivity index (χ0n) is 26.8. The fourth-order valence-corrected chi connectivity index (χ4v) is 2.62. The molecule has 218 valence electrons. The van der Waals surface area contributed by atoms with E-state index < -0.39 is 0 Å². The second-order valence-electron chi connectivity index (χ2n) is 13.1. The maximum absolute atomic E-state index is 2.28. The smallest absolute Gasteiger partial charge is 0.0169 e. The van der Waals surface area contributed by atoms with E-state index in [1.165, 1.54) is 12.8 Å². The maximum atomic E-state index is 2.28. The molecular formula is C37H70. The highest BCUT2D eigenvalue weighted by Crippen LogP contribution is 2.20. The van der Waals surface area contributed by atoms with Crippen molar-refractivity contribution in [1.29, 1.82) is 0 Å². The number of hydrogen-bond donors (Lipinski definition) is 0. The van der Waals surface area contributed by atoms with Crippen molar-refractivity contribution in [1.82, 2.24) is 0 Å². The van der Waals surface area contributed by atoms with Gasteiger partial charge in [-0.05, 0) is 74.0 Å². The Labute approximate surface area is 237 Å². The van der Waals surface area contributed by atoms with Crippen LogP contribution in [0.25, 0.3) is 0 Å². The third-order valence-corrected chi connectivity index (χ3v) is 4.71. The van der Waals surface area contributed by atoms with Crippen molar-refractivity contribution in [2.75, 3.05) is 0 Å². The van der Waals surface area contributed by atoms with Gasteiger partial charge in [-0.25, -0.2) is 0 Å². The SMILES string of the molecule is C.CC/C=C\C/C=C\C/C=C\CC(C)(C)C.CC/C=C\C/C=C\CC(C)(C)C.CC/C=C\CC(C)(C)C. The van der Waals surface area contributed by atoms with Gasteiger partial charge in [0, 0.05) is 0 Å². The largest absolute Gasteiger partial charge is 0.0888 e. The molecule has 0 fully saturated rings. The fraction of sp³-hybridized carbons (Fsp3) is 0.676. The summed E-state index contributed by atoms with van der Waals surface area (Å²) in [5.74, 6) is 0. The molecule has 0 atom stereocenters. The number of hydrogen-bond acceptors (Lipinski definition) is 0. The minimum absolute atomic E-state index is 0. The van der Waals surface area contributed by atoms with Gasteiger partial charge in [0.1, 0.15) is 0 Å². The molecule has 0 heteroatoms. The van der Waals surface area contributed by atoms with Crippen LogP contribution >= 0.6 is 0 Å². The third kappa shape index (κ3) is 56.0. The molecule has 0 nitrogen and oxygen atoms in total. The molecule has 0 heterocycles. The van der Waals surface area contributed by atoms with Gasteiger partial charge in [-0.2, -0.15) is 0 Å². The molecule has 0 aromatic carbocycles. The Morgan fingerprint density at radius 2 is 0.514 bits per heavy atom. The maximum Gasteiger partial charge on any atom is -0.0169 e. The quantitative estimate of drug-likeness (QED) is 0.227. The van der Waals surface area contributed by atoms with E-state index in [2.05, 4.69) is 156 Å². The molecule has 0 aromatic heterocycles. The Kier molecular flexibility index (Phi) is 31.6. The third-order valence-electron chi connectivity index (χ3n) is 4.71. The van der Waals surface area contributed by atoms with Crippen molar-refractivity contribution in [2.45, 2.75) is 148 Å². The molecule has 0 aromatic rings. The van der Waals surface area contributed by atoms with Crippen molar-refractivity contribution in [3.63, 3.8) is 0 Å². The molecule has 0 rings (SSSR count). The van der Waals surface area contributed by atoms with E-state index in [0.717, 1.165) is 44.9 Å². The van der Waals surface area contributed by atoms with Crippen LogP contribution in [0.4, 0.5) is 0 Å². The van der Waals surface area contributed by atoms with Gasteiger partial charge < -0.3 is 0 Å². The zero-order valence-corrected chi connectivity index (χ0v) is 26.8. The van der Waals surface area contributed by atoms with Gasteiger partial charge in [-0.1, -0.05) is 163 Å². The minimum atomic E-state index is 0. The molecular weight excluding hydrogens is 444 g/mol. The first-order valence-corrected chi connectivity index (χ1v) is 14.6. The predicted octanol–water partition coefficient (Wildman–Crippen LogP) is 13.6. The summed E-state index contributed by atoms with van der Waals surface area (Å²) in [5.41, 5.74) is 1.32. The normalized spacial score (nSPS) is 13.0. The first-order valence-electron chi connectivity index (χ1n) is 14.6. The second-order valence-corrected chi connectivity index (χ2v) is 13.1. The standard InChI is InChI=1S/C15H26.C12H22.C9H18.CH4/c1-5-6-7-8-9-10-11-12-13-14-15(2,3)4;1-5-6-7-8-9-10-11-12(2,3)4;1-5-6-7-8-9(2,3)4;/h6-7,9-10,12-13H,5,8,11,14H2,1-4H3;6-7,9-10H,5,8,11H2,1-4H3;6-7H,5,8H2,1-4H3;1H4/b7-6-,10-9-,13-12-;7-6-,10-9-;7-6-;. The van der Waals surface area contributed by atoms with Gasteiger partial charge in [0.05, 0.1) is 0 Å². The van der Waals surface area contributed by atoms with Crippen LogP contribution < -0.4 is 0 Å². The lowest BCUT2D eigenvalue weighted by Gasteiger charge is -2.14. The molecule has 0 spiro atoms. The summed E-state index contributed by atoms with van der Waals surface area (Å²) in [5, 5.41) is 0. The Balaban J connectivity index is -0.000000225. The topological polar surface area (TPSA) is 0 Å². The second kappa shape index (κ2) is 27.5. The minimum Gasteiger partial charge on any atom is -0.0888 e. The Bertz CT molecular complexity index is 612. The monoisotopic (exact) mass is 515 g/mol. The first-order chi connectivity index (χ1) is 16.7. The summed E-state index contributed by atoms with van der Waals surface area (Å²) in [6.45, 7) is 26.9. The lowest BCUT2D eigenvalue weighted by atomic mass is 9.92. The summed E-state index contributed by atoms with van der Waals surface area (Å²) in [7, 11) is 0. The van der Waals surface area contributed by atoms with Crippen LogP contribution in [0, 0.1) is 16.2 Å². The highest BCUT2D eigenvalue weighted by molar-refractivity contribution is 4.97. The molecule has 0 aliphatic heterocycles. The molecule has 0 radical (unpaired) electrons. The van der Waals surface area contributed by atoms with E-state index in [0.29, 0.717) is 16.2 Å². The van der Waals surface area contributed by atoms with Gasteiger partial charge in [-0.3, -0.25) is 0 Å². The molecule has 0 saturated heterocycles. The molecule has 0 saturated carbocycles. The van der Waals surface area contributed by atoms with Crippen LogP contribution in [0.5, 0.6) is 0 Å². The summed E-state index contributed by atoms with van der Waals surface area (Å²) < 4.78 is 0. The lowest BCUT2D eigenvalue weighted by Crippen LogP contribution is -2.01. The van der Waals surface area contributed by atoms with Crippen LogP contribution in [0.2, 0.25) is 0 Å². The molecule has 0 N–H and O–H groups in total. The molecule has 0 amide bonds. The van der Waals surface area contributed by atoms with E-state index >= 15 is 0 Å². The van der Waals surface area contributed by atoms with Crippen molar-refractivity contribution in [3.05, 3.63) is 72.9 Å². The predicted molar refractivity (Wildman–Crippen MR) is 179 cm³/mol. The highest BCUT2D eigenvalue weighted by atomic mass is 14.1. The Morgan fingerprint density at radius 1 is 0.324 bits per heavy atom. The van der Waals surface area contributed by atoms with Crippen LogP contribution in [0.3, 0.4) is 0 Å². The summed E-state index contributed by atoms with van der Waals surface area (Å²) in [4.78, 5) is 0. The van der Waals surface area contributed by atoms with Gasteiger partial charge >= 0.3 is 0 Å². The summed E-state index contributed by atoms with van der Waals surface area (Å²) in [6, 6.07) is 0.